The summed E-state index contributed by atoms with van der Waals surface area (Å²) in [7, 11) is 0. The molecule has 2 aromatic rings. The van der Waals surface area contributed by atoms with Crippen molar-refractivity contribution in [3.05, 3.63) is 41.8 Å². The van der Waals surface area contributed by atoms with Crippen LogP contribution in [0.25, 0.3) is 16.6 Å². The SMILES string of the molecule is [NH-]c1ccnc2ccc(C(=O)CBr)cc12.[U+2]. The molecular formula is C11H8BrN2OU+. The van der Waals surface area contributed by atoms with Crippen LogP contribution in [0.5, 0.6) is 0 Å². The number of alkyl halides is 1. The van der Waals surface area contributed by atoms with Crippen LogP contribution >= 0.6 is 15.9 Å². The van der Waals surface area contributed by atoms with Crippen molar-refractivity contribution in [3.63, 3.8) is 0 Å². The first-order valence-corrected chi connectivity index (χ1v) is 5.54. The van der Waals surface area contributed by atoms with E-state index >= 15 is 0 Å². The third-order valence-electron chi connectivity index (χ3n) is 2.18. The molecular weight excluding hydrogens is 494 g/mol. The summed E-state index contributed by atoms with van der Waals surface area (Å²) in [5.41, 5.74) is 9.44. The second-order valence-electron chi connectivity index (χ2n) is 3.15. The molecule has 0 unspecified atom stereocenters. The maximum Gasteiger partial charge on any atom is 2.00 e. The van der Waals surface area contributed by atoms with E-state index in [-0.39, 0.29) is 36.9 Å². The van der Waals surface area contributed by atoms with E-state index in [2.05, 4.69) is 20.9 Å². The van der Waals surface area contributed by atoms with Gasteiger partial charge in [0.05, 0.1) is 10.8 Å². The van der Waals surface area contributed by atoms with Crippen LogP contribution in [0.3, 0.4) is 0 Å². The van der Waals surface area contributed by atoms with Gasteiger partial charge in [0.1, 0.15) is 0 Å². The third-order valence-corrected chi connectivity index (χ3v) is 2.69. The van der Waals surface area contributed by atoms with Crippen LogP contribution in [-0.2, 0) is 0 Å². The summed E-state index contributed by atoms with van der Waals surface area (Å²) in [4.78, 5) is 15.6. The fraction of sp³-hybridized carbons (Fsp3) is 0.0909. The molecule has 78 valence electrons. The number of benzene rings is 1. The van der Waals surface area contributed by atoms with Crippen LogP contribution < -0.4 is 0 Å². The van der Waals surface area contributed by atoms with E-state index in [4.69, 9.17) is 5.73 Å². The topological polar surface area (TPSA) is 53.8 Å². The first kappa shape index (κ1) is 13.7. The van der Waals surface area contributed by atoms with Gasteiger partial charge in [-0.05, 0) is 23.6 Å². The number of aromatic nitrogens is 1. The number of carbonyl (C=O) groups excluding carboxylic acids is 1. The van der Waals surface area contributed by atoms with Crippen molar-refractivity contribution in [2.75, 3.05) is 5.33 Å². The van der Waals surface area contributed by atoms with Gasteiger partial charge in [0, 0.05) is 11.8 Å². The summed E-state index contributed by atoms with van der Waals surface area (Å²) in [6.07, 6.45) is 1.59. The Morgan fingerprint density at radius 1 is 1.38 bits per heavy atom. The van der Waals surface area contributed by atoms with E-state index in [1.165, 1.54) is 0 Å². The Labute approximate surface area is 125 Å². The summed E-state index contributed by atoms with van der Waals surface area (Å²) in [6, 6.07) is 6.83. The van der Waals surface area contributed by atoms with Crippen molar-refractivity contribution in [1.29, 1.82) is 0 Å². The van der Waals surface area contributed by atoms with Crippen molar-refractivity contribution in [2.45, 2.75) is 0 Å². The van der Waals surface area contributed by atoms with Gasteiger partial charge in [0.2, 0.25) is 0 Å². The number of halogens is 1. The van der Waals surface area contributed by atoms with Crippen molar-refractivity contribution >= 4 is 38.3 Å². The van der Waals surface area contributed by atoms with Gasteiger partial charge < -0.3 is 5.73 Å². The van der Waals surface area contributed by atoms with Gasteiger partial charge in [0.25, 0.3) is 0 Å². The zero-order valence-electron chi connectivity index (χ0n) is 8.33. The molecule has 0 bridgehead atoms. The average Bonchev–Trinajstić information content (AvgIpc) is 2.28. The molecule has 0 radical (unpaired) electrons. The van der Waals surface area contributed by atoms with Crippen molar-refractivity contribution in [1.82, 2.24) is 4.98 Å². The number of rotatable bonds is 2. The summed E-state index contributed by atoms with van der Waals surface area (Å²) in [5, 5.41) is 1.01. The van der Waals surface area contributed by atoms with Crippen LogP contribution in [-0.4, -0.2) is 16.1 Å². The smallest absolute Gasteiger partial charge is 0.698 e. The zero-order chi connectivity index (χ0) is 10.8. The molecule has 0 spiro atoms. The van der Waals surface area contributed by atoms with E-state index < -0.39 is 0 Å². The van der Waals surface area contributed by atoms with Gasteiger partial charge in [-0.15, -0.1) is 5.69 Å². The predicted octanol–water partition coefficient (Wildman–Crippen LogP) is 3.50. The first-order valence-electron chi connectivity index (χ1n) is 4.42. The van der Waals surface area contributed by atoms with Crippen LogP contribution in [0.1, 0.15) is 10.4 Å². The number of carbonyl (C=O) groups is 1. The van der Waals surface area contributed by atoms with Crippen LogP contribution in [0.2, 0.25) is 0 Å². The Hall–Kier alpha value is -0.368. The van der Waals surface area contributed by atoms with E-state index in [0.29, 0.717) is 22.0 Å². The molecule has 0 amide bonds. The summed E-state index contributed by atoms with van der Waals surface area (Å²) in [5.74, 6) is 0.0140. The number of nitrogens with zero attached hydrogens (tertiary/aromatic N) is 1. The fourth-order valence-corrected chi connectivity index (χ4v) is 1.72. The van der Waals surface area contributed by atoms with Gasteiger partial charge in [-0.25, -0.2) is 0 Å². The number of hydrogen-bond acceptors (Lipinski definition) is 2. The van der Waals surface area contributed by atoms with Crippen LogP contribution in [0.15, 0.2) is 30.5 Å². The summed E-state index contributed by atoms with van der Waals surface area (Å²) in [6.45, 7) is 0. The molecule has 1 heterocycles. The first-order chi connectivity index (χ1) is 7.22. The Bertz CT molecular complexity index is 530. The second kappa shape index (κ2) is 5.81. The maximum absolute atomic E-state index is 11.4. The van der Waals surface area contributed by atoms with Crippen molar-refractivity contribution < 1.29 is 35.9 Å². The minimum atomic E-state index is 0. The predicted molar refractivity (Wildman–Crippen MR) is 63.8 cm³/mol. The monoisotopic (exact) mass is 501 g/mol. The molecule has 1 aromatic carbocycles. The molecule has 0 atom stereocenters. The minimum absolute atomic E-state index is 0. The number of fused-ring (bicyclic) bond motifs is 1. The number of Topliss-reactive ketones (excluding diaryl/α,β-unsaturated/α-hetero) is 1. The minimum Gasteiger partial charge on any atom is -0.698 e. The molecule has 2 rings (SSSR count). The van der Waals surface area contributed by atoms with E-state index in [9.17, 15) is 4.79 Å². The maximum atomic E-state index is 11.4. The average molecular weight is 502 g/mol. The number of ketones is 1. The van der Waals surface area contributed by atoms with Gasteiger partial charge >= 0.3 is 31.1 Å². The van der Waals surface area contributed by atoms with E-state index in [1.54, 1.807) is 30.5 Å². The quantitative estimate of drug-likeness (QED) is 0.467. The normalized spacial score (nSPS) is 9.81. The Morgan fingerprint density at radius 3 is 2.81 bits per heavy atom. The standard InChI is InChI=1S/C11H9BrN2O.U/c12-6-11(15)7-1-2-10-8(5-7)9(13)3-4-14-10;/h1-5H,6H2,(H2,13,14,15);/q;+2/p-1. The van der Waals surface area contributed by atoms with Gasteiger partial charge in [-0.2, -0.15) is 0 Å². The van der Waals surface area contributed by atoms with Gasteiger partial charge in [0.15, 0.2) is 5.78 Å². The molecule has 0 saturated heterocycles. The number of hydrogen-bond donors (Lipinski definition) is 0. The summed E-state index contributed by atoms with van der Waals surface area (Å²) < 4.78 is 0. The molecule has 0 aliphatic rings. The fourth-order valence-electron chi connectivity index (χ4n) is 1.40. The number of nitrogens with one attached hydrogen (secondary N) is 1. The van der Waals surface area contributed by atoms with E-state index in [0.717, 1.165) is 5.52 Å². The van der Waals surface area contributed by atoms with Gasteiger partial charge in [-0.1, -0.05) is 22.0 Å². The molecule has 16 heavy (non-hydrogen) atoms. The van der Waals surface area contributed by atoms with Crippen molar-refractivity contribution in [3.8, 4) is 0 Å². The molecule has 3 nitrogen and oxygen atoms in total. The van der Waals surface area contributed by atoms with E-state index in [1.807, 2.05) is 0 Å². The number of pyridine rings is 1. The largest absolute Gasteiger partial charge is 2.00 e. The van der Waals surface area contributed by atoms with Crippen LogP contribution in [0.4, 0.5) is 5.69 Å². The second-order valence-corrected chi connectivity index (χ2v) is 3.71. The molecule has 1 N–H and O–H groups in total. The van der Waals surface area contributed by atoms with Crippen molar-refractivity contribution in [2.24, 2.45) is 0 Å². The molecule has 0 aliphatic heterocycles. The Balaban J connectivity index is 0.00000128. The molecule has 0 aliphatic carbocycles. The third kappa shape index (κ3) is 2.65. The Kier molecular flexibility index (Phi) is 4.97. The molecule has 5 heteroatoms. The molecule has 1 aromatic heterocycles. The Morgan fingerprint density at radius 2 is 2.12 bits per heavy atom. The zero-order valence-corrected chi connectivity index (χ0v) is 14.1. The van der Waals surface area contributed by atoms with Crippen LogP contribution in [0, 0.1) is 31.1 Å². The molecule has 0 fully saturated rings. The molecule has 0 saturated carbocycles. The van der Waals surface area contributed by atoms with Gasteiger partial charge in [-0.3, -0.25) is 9.78 Å². The summed E-state index contributed by atoms with van der Waals surface area (Å²) >= 11 is 3.12.